The quantitative estimate of drug-likeness (QED) is 0.343. The summed E-state index contributed by atoms with van der Waals surface area (Å²) in [6, 6.07) is 8.50. The van der Waals surface area contributed by atoms with E-state index in [1.807, 2.05) is 6.92 Å². The molecule has 0 fully saturated rings. The Hall–Kier alpha value is -1.25. The normalized spacial score (nSPS) is 13.0. The molecule has 2 aromatic rings. The molecule has 0 aliphatic carbocycles. The minimum absolute atomic E-state index is 0.429. The predicted octanol–water partition coefficient (Wildman–Crippen LogP) is 6.32. The van der Waals surface area contributed by atoms with Gasteiger partial charge in [0.2, 0.25) is 0 Å². The fourth-order valence-corrected chi connectivity index (χ4v) is 3.91. The van der Waals surface area contributed by atoms with Crippen molar-refractivity contribution in [1.82, 2.24) is 0 Å². The Kier molecular flexibility index (Phi) is 5.66. The molecule has 0 amide bonds. The van der Waals surface area contributed by atoms with Gasteiger partial charge in [0.05, 0.1) is 10.5 Å². The molecule has 118 valence electrons. The molecule has 2 rings (SSSR count). The van der Waals surface area contributed by atoms with E-state index in [2.05, 4.69) is 0 Å². The molecule has 0 saturated carbocycles. The molecule has 0 saturated heterocycles. The molecule has 0 aliphatic rings. The summed E-state index contributed by atoms with van der Waals surface area (Å²) in [4.78, 5) is 0.524. The van der Waals surface area contributed by atoms with Gasteiger partial charge < -0.3 is 17.3 Å². The molecule has 0 nitrogen and oxygen atoms in total. The van der Waals surface area contributed by atoms with E-state index < -0.39 is 23.2 Å². The van der Waals surface area contributed by atoms with Gasteiger partial charge in [0.15, 0.2) is 9.58 Å². The zero-order valence-electron chi connectivity index (χ0n) is 10.9. The van der Waals surface area contributed by atoms with E-state index >= 15 is 0 Å². The molecule has 0 N–H and O–H groups in total. The first-order valence-electron chi connectivity index (χ1n) is 6.02. The summed E-state index contributed by atoms with van der Waals surface area (Å²) in [5.41, 5.74) is -4.15. The first-order valence-corrected chi connectivity index (χ1v) is 7.24. The number of fused-ring (bicyclic) bond motifs is 1. The summed E-state index contributed by atoms with van der Waals surface area (Å²) >= 11 is 0. The van der Waals surface area contributed by atoms with E-state index in [0.717, 1.165) is 11.8 Å². The van der Waals surface area contributed by atoms with Crippen molar-refractivity contribution in [2.24, 2.45) is 0 Å². The van der Waals surface area contributed by atoms with E-state index in [1.54, 1.807) is 30.3 Å². The van der Waals surface area contributed by atoms with Crippen LogP contribution in [0.15, 0.2) is 30.3 Å². The van der Waals surface area contributed by atoms with Gasteiger partial charge in [-0.25, -0.2) is 0 Å². The van der Waals surface area contributed by atoms with E-state index in [4.69, 9.17) is 0 Å². The number of hydrogen-bond donors (Lipinski definition) is 0. The van der Waals surface area contributed by atoms with Crippen LogP contribution >= 0.6 is 10.5 Å². The largest absolute Gasteiger partial charge is 0.673 e. The van der Waals surface area contributed by atoms with Crippen LogP contribution in [-0.2, 0) is 11.9 Å². The van der Waals surface area contributed by atoms with E-state index in [-0.39, 0.29) is 0 Å². The smallest absolute Gasteiger partial charge is 0.418 e. The molecule has 21 heavy (non-hydrogen) atoms. The number of aryl methyl sites for hydroxylation is 1. The monoisotopic (exact) mass is 332 g/mol. The number of benzene rings is 1. The second kappa shape index (κ2) is 6.68. The molecular formula is C12H12BF7S. The van der Waals surface area contributed by atoms with Gasteiger partial charge in [0, 0.05) is 17.9 Å². The Bertz CT molecular complexity index is 579. The molecule has 1 unspecified atom stereocenters. The lowest BCUT2D eigenvalue weighted by molar-refractivity contribution is -0.0867. The van der Waals surface area contributed by atoms with Crippen molar-refractivity contribution in [3.63, 3.8) is 0 Å². The molecule has 1 aromatic carbocycles. The van der Waals surface area contributed by atoms with Gasteiger partial charge in [-0.05, 0) is 18.6 Å². The molecule has 0 aliphatic heterocycles. The third-order valence-electron chi connectivity index (χ3n) is 2.45. The minimum atomic E-state index is -6.00. The summed E-state index contributed by atoms with van der Waals surface area (Å²) in [5, 5.41) is 0.728. The van der Waals surface area contributed by atoms with Crippen molar-refractivity contribution in [3.05, 3.63) is 35.2 Å². The maximum absolute atomic E-state index is 13.0. The summed E-state index contributed by atoms with van der Waals surface area (Å²) in [7, 11) is -7.70. The number of halogens is 7. The van der Waals surface area contributed by atoms with Crippen molar-refractivity contribution < 1.29 is 30.4 Å². The highest BCUT2D eigenvalue weighted by Gasteiger charge is 2.47. The molecule has 9 heteroatoms. The van der Waals surface area contributed by atoms with Crippen LogP contribution < -0.4 is 0 Å². The second-order valence-corrected chi connectivity index (χ2v) is 6.18. The number of rotatable bonds is 2. The van der Waals surface area contributed by atoms with E-state index in [0.29, 0.717) is 16.0 Å². The lowest BCUT2D eigenvalue weighted by atomic mass is 10.2. The Balaban J connectivity index is 0.000000383. The highest BCUT2D eigenvalue weighted by Crippen LogP contribution is 2.51. The third-order valence-corrected chi connectivity index (χ3v) is 4.57. The Morgan fingerprint density at radius 3 is 2.05 bits per heavy atom. The lowest BCUT2D eigenvalue weighted by Gasteiger charge is -1.98. The zero-order chi connectivity index (χ0) is 16.3. The Labute approximate surface area is 119 Å². The van der Waals surface area contributed by atoms with Crippen molar-refractivity contribution in [1.29, 1.82) is 0 Å². The molecule has 0 radical (unpaired) electrons. The molecule has 0 bridgehead atoms. The molecular weight excluding hydrogens is 320 g/mol. The molecule has 1 aromatic heterocycles. The number of hydrogen-bond acceptors (Lipinski definition) is 0. The van der Waals surface area contributed by atoms with Gasteiger partial charge in [-0.3, -0.25) is 0 Å². The van der Waals surface area contributed by atoms with E-state index in [1.165, 1.54) is 0 Å². The average Bonchev–Trinajstić information content (AvgIpc) is 2.64. The van der Waals surface area contributed by atoms with Crippen molar-refractivity contribution in [2.45, 2.75) is 25.3 Å². The Morgan fingerprint density at radius 1 is 1.05 bits per heavy atom. The van der Waals surface area contributed by atoms with Gasteiger partial charge in [-0.15, -0.1) is 13.2 Å². The molecule has 0 spiro atoms. The SMILES string of the molecule is CCCc1cc2ccccc2[s+]1C(F)(F)F.F[B-](F)(F)F. The van der Waals surface area contributed by atoms with Crippen LogP contribution in [0.4, 0.5) is 30.4 Å². The van der Waals surface area contributed by atoms with Gasteiger partial charge in [0.25, 0.3) is 0 Å². The third kappa shape index (κ3) is 5.57. The Morgan fingerprint density at radius 2 is 1.57 bits per heavy atom. The number of thiophene rings is 1. The van der Waals surface area contributed by atoms with Crippen LogP contribution in [0.5, 0.6) is 0 Å². The molecule has 1 heterocycles. The summed E-state index contributed by atoms with van der Waals surface area (Å²) < 4.78 is 78.4. The molecule has 1 atom stereocenters. The first-order chi connectivity index (χ1) is 9.54. The van der Waals surface area contributed by atoms with Crippen LogP contribution in [0.25, 0.3) is 10.1 Å². The van der Waals surface area contributed by atoms with E-state index in [9.17, 15) is 30.4 Å². The first kappa shape index (κ1) is 17.8. The van der Waals surface area contributed by atoms with Gasteiger partial charge in [-0.1, -0.05) is 19.1 Å². The fourth-order valence-electron chi connectivity index (χ4n) is 1.85. The van der Waals surface area contributed by atoms with Gasteiger partial charge in [0.1, 0.15) is 0 Å². The van der Waals surface area contributed by atoms with Crippen LogP contribution in [0.2, 0.25) is 0 Å². The fraction of sp³-hybridized carbons (Fsp3) is 0.333. The van der Waals surface area contributed by atoms with Crippen molar-refractivity contribution in [3.8, 4) is 0 Å². The lowest BCUT2D eigenvalue weighted by Crippen LogP contribution is -2.02. The minimum Gasteiger partial charge on any atom is -0.418 e. The summed E-state index contributed by atoms with van der Waals surface area (Å²) in [6.45, 7) is 1.90. The van der Waals surface area contributed by atoms with Crippen LogP contribution in [0.3, 0.4) is 0 Å². The van der Waals surface area contributed by atoms with Gasteiger partial charge >= 0.3 is 12.8 Å². The van der Waals surface area contributed by atoms with Crippen molar-refractivity contribution in [2.75, 3.05) is 0 Å². The van der Waals surface area contributed by atoms with Crippen LogP contribution in [-0.4, -0.2) is 7.25 Å². The maximum atomic E-state index is 13.0. The number of alkyl halides is 3. The van der Waals surface area contributed by atoms with Crippen LogP contribution in [0, 0.1) is 0 Å². The topological polar surface area (TPSA) is 0 Å². The maximum Gasteiger partial charge on any atom is 0.673 e. The highest BCUT2D eigenvalue weighted by molar-refractivity contribution is 7.38. The summed E-state index contributed by atoms with van der Waals surface area (Å²) in [5.74, 6) is 0. The standard InChI is InChI=1S/C12H12F3S.BF4/c1-2-5-10-8-9-6-3-4-7-11(9)16(10)12(13,14)15;2-1(3,4)5/h3-4,6-8H,2,5H2,1H3;/q+1;-1. The van der Waals surface area contributed by atoms with Crippen molar-refractivity contribution >= 4 is 27.8 Å². The van der Waals surface area contributed by atoms with Crippen LogP contribution in [0.1, 0.15) is 18.2 Å². The highest BCUT2D eigenvalue weighted by atomic mass is 32.2. The predicted molar refractivity (Wildman–Crippen MR) is 71.9 cm³/mol. The summed E-state index contributed by atoms with van der Waals surface area (Å²) in [6.07, 6.45) is 1.27. The average molecular weight is 332 g/mol. The van der Waals surface area contributed by atoms with Gasteiger partial charge in [-0.2, -0.15) is 0 Å². The zero-order valence-corrected chi connectivity index (χ0v) is 11.7. The second-order valence-electron chi connectivity index (χ2n) is 4.15.